The monoisotopic (exact) mass is 182 g/mol. The van der Waals surface area contributed by atoms with Crippen LogP contribution in [0.3, 0.4) is 0 Å². The van der Waals surface area contributed by atoms with E-state index in [1.165, 1.54) is 11.8 Å². The predicted octanol–water partition coefficient (Wildman–Crippen LogP) is 0.394. The first-order chi connectivity index (χ1) is 6.20. The first-order valence-electron chi connectivity index (χ1n) is 4.14. The van der Waals surface area contributed by atoms with E-state index in [9.17, 15) is 9.90 Å². The highest BCUT2D eigenvalue weighted by Gasteiger charge is 2.31. The molecule has 2 heterocycles. The Morgan fingerprint density at radius 1 is 1.62 bits per heavy atom. The minimum absolute atomic E-state index is 0.0327. The van der Waals surface area contributed by atoms with E-state index in [-0.39, 0.29) is 17.5 Å². The number of aliphatic hydroxyl groups excluding tert-OH is 1. The molecular formula is C8H10N2O3. The van der Waals surface area contributed by atoms with E-state index in [1.807, 2.05) is 0 Å². The molecule has 70 valence electrons. The van der Waals surface area contributed by atoms with Gasteiger partial charge in [-0.3, -0.25) is 4.90 Å². The van der Waals surface area contributed by atoms with Crippen LogP contribution in [0.2, 0.25) is 0 Å². The Kier molecular flexibility index (Phi) is 1.72. The zero-order valence-electron chi connectivity index (χ0n) is 7.28. The van der Waals surface area contributed by atoms with Crippen LogP contribution in [0.15, 0.2) is 16.4 Å². The van der Waals surface area contributed by atoms with Crippen molar-refractivity contribution in [3.63, 3.8) is 0 Å². The number of amidine groups is 1. The maximum absolute atomic E-state index is 11.1. The average Bonchev–Trinajstić information content (AvgIpc) is 2.15. The van der Waals surface area contributed by atoms with E-state index in [4.69, 9.17) is 4.74 Å². The molecule has 2 aliphatic rings. The highest BCUT2D eigenvalue weighted by molar-refractivity contribution is 6.00. The summed E-state index contributed by atoms with van der Waals surface area (Å²) >= 11 is 0. The van der Waals surface area contributed by atoms with Gasteiger partial charge in [-0.25, -0.2) is 9.79 Å². The van der Waals surface area contributed by atoms with Gasteiger partial charge in [-0.15, -0.1) is 0 Å². The van der Waals surface area contributed by atoms with E-state index in [0.29, 0.717) is 13.1 Å². The minimum atomic E-state index is -0.519. The van der Waals surface area contributed by atoms with Gasteiger partial charge in [0.2, 0.25) is 5.88 Å². The lowest BCUT2D eigenvalue weighted by Crippen LogP contribution is -2.42. The standard InChI is InChI=1S/C8H10N2O3/c1-5-6(11)10-4-2-3-9-8(10)13-7(5)12/h11H,2-4H2,1H3. The Bertz CT molecular complexity index is 319. The Morgan fingerprint density at radius 2 is 2.38 bits per heavy atom. The summed E-state index contributed by atoms with van der Waals surface area (Å²) < 4.78 is 4.89. The van der Waals surface area contributed by atoms with E-state index in [0.717, 1.165) is 6.42 Å². The first kappa shape index (κ1) is 8.10. The van der Waals surface area contributed by atoms with Gasteiger partial charge < -0.3 is 9.84 Å². The van der Waals surface area contributed by atoms with Crippen LogP contribution >= 0.6 is 0 Å². The van der Waals surface area contributed by atoms with Crippen LogP contribution in [-0.2, 0) is 9.53 Å². The number of hydrogen-bond acceptors (Lipinski definition) is 5. The van der Waals surface area contributed by atoms with Crippen LogP contribution < -0.4 is 0 Å². The van der Waals surface area contributed by atoms with Crippen LogP contribution in [0.25, 0.3) is 0 Å². The van der Waals surface area contributed by atoms with E-state index in [2.05, 4.69) is 4.99 Å². The molecule has 5 heteroatoms. The summed E-state index contributed by atoms with van der Waals surface area (Å²) in [4.78, 5) is 16.6. The molecule has 0 amide bonds. The number of fused-ring (bicyclic) bond motifs is 1. The maximum Gasteiger partial charge on any atom is 0.346 e. The predicted molar refractivity (Wildman–Crippen MR) is 45.0 cm³/mol. The topological polar surface area (TPSA) is 62.1 Å². The van der Waals surface area contributed by atoms with Gasteiger partial charge in [-0.1, -0.05) is 0 Å². The Hall–Kier alpha value is -1.52. The van der Waals surface area contributed by atoms with Gasteiger partial charge in [0, 0.05) is 13.1 Å². The Morgan fingerprint density at radius 3 is 3.15 bits per heavy atom. The van der Waals surface area contributed by atoms with Gasteiger partial charge in [-0.2, -0.15) is 0 Å². The van der Waals surface area contributed by atoms with Gasteiger partial charge in [-0.05, 0) is 13.3 Å². The molecule has 0 saturated carbocycles. The highest BCUT2D eigenvalue weighted by Crippen LogP contribution is 2.19. The van der Waals surface area contributed by atoms with Gasteiger partial charge in [0.15, 0.2) is 0 Å². The Balaban J connectivity index is 2.41. The molecule has 0 bridgehead atoms. The summed E-state index contributed by atoms with van der Waals surface area (Å²) in [5.74, 6) is -0.552. The molecular weight excluding hydrogens is 172 g/mol. The number of carbonyl (C=O) groups excluding carboxylic acids is 1. The molecule has 13 heavy (non-hydrogen) atoms. The van der Waals surface area contributed by atoms with Crippen LogP contribution in [0, 0.1) is 0 Å². The van der Waals surface area contributed by atoms with Crippen molar-refractivity contribution in [1.29, 1.82) is 0 Å². The summed E-state index contributed by atoms with van der Waals surface area (Å²) in [7, 11) is 0. The van der Waals surface area contributed by atoms with Crippen molar-refractivity contribution in [2.45, 2.75) is 13.3 Å². The minimum Gasteiger partial charge on any atom is -0.494 e. The number of nitrogens with zero attached hydrogens (tertiary/aromatic N) is 2. The molecule has 0 aromatic rings. The molecule has 0 fully saturated rings. The fourth-order valence-electron chi connectivity index (χ4n) is 1.32. The molecule has 0 aromatic heterocycles. The van der Waals surface area contributed by atoms with Crippen molar-refractivity contribution in [2.24, 2.45) is 4.99 Å². The molecule has 0 radical (unpaired) electrons. The molecule has 2 rings (SSSR count). The second-order valence-corrected chi connectivity index (χ2v) is 3.01. The summed E-state index contributed by atoms with van der Waals surface area (Å²) in [6.45, 7) is 2.82. The van der Waals surface area contributed by atoms with Gasteiger partial charge >= 0.3 is 12.0 Å². The molecule has 0 spiro atoms. The number of ether oxygens (including phenoxy) is 1. The fourth-order valence-corrected chi connectivity index (χ4v) is 1.32. The second-order valence-electron chi connectivity index (χ2n) is 3.01. The smallest absolute Gasteiger partial charge is 0.346 e. The molecule has 0 atom stereocenters. The largest absolute Gasteiger partial charge is 0.494 e. The number of carbonyl (C=O) groups is 1. The first-order valence-corrected chi connectivity index (χ1v) is 4.14. The van der Waals surface area contributed by atoms with Crippen molar-refractivity contribution in [3.05, 3.63) is 11.5 Å². The molecule has 0 saturated heterocycles. The van der Waals surface area contributed by atoms with Crippen molar-refractivity contribution in [3.8, 4) is 0 Å². The Labute approximate surface area is 75.3 Å². The quantitative estimate of drug-likeness (QED) is 0.550. The van der Waals surface area contributed by atoms with Crippen LogP contribution in [0.4, 0.5) is 0 Å². The molecule has 0 unspecified atom stereocenters. The van der Waals surface area contributed by atoms with Crippen LogP contribution in [0.5, 0.6) is 0 Å². The molecule has 0 aliphatic carbocycles. The normalized spacial score (nSPS) is 22.4. The van der Waals surface area contributed by atoms with Crippen LogP contribution in [0.1, 0.15) is 13.3 Å². The second kappa shape index (κ2) is 2.76. The van der Waals surface area contributed by atoms with Crippen LogP contribution in [-0.4, -0.2) is 35.1 Å². The molecule has 1 N–H and O–H groups in total. The third kappa shape index (κ3) is 1.16. The number of hydrogen-bond donors (Lipinski definition) is 1. The molecule has 2 aliphatic heterocycles. The van der Waals surface area contributed by atoms with E-state index >= 15 is 0 Å². The van der Waals surface area contributed by atoms with Crippen molar-refractivity contribution in [2.75, 3.05) is 13.1 Å². The highest BCUT2D eigenvalue weighted by atomic mass is 16.6. The van der Waals surface area contributed by atoms with Crippen molar-refractivity contribution in [1.82, 2.24) is 4.90 Å². The van der Waals surface area contributed by atoms with Gasteiger partial charge in [0.05, 0.1) is 5.57 Å². The lowest BCUT2D eigenvalue weighted by molar-refractivity contribution is -0.133. The lowest BCUT2D eigenvalue weighted by Gasteiger charge is -2.30. The number of aliphatic imine (C=N–C) groups is 1. The average molecular weight is 182 g/mol. The molecule has 0 aromatic carbocycles. The number of rotatable bonds is 0. The summed E-state index contributed by atoms with van der Waals surface area (Å²) in [5, 5.41) is 9.57. The number of aliphatic hydroxyl groups is 1. The summed E-state index contributed by atoms with van der Waals surface area (Å²) in [5.41, 5.74) is 0.237. The summed E-state index contributed by atoms with van der Waals surface area (Å²) in [6, 6.07) is 0.222. The molecule has 5 nitrogen and oxygen atoms in total. The number of esters is 1. The zero-order chi connectivity index (χ0) is 9.42. The van der Waals surface area contributed by atoms with E-state index in [1.54, 1.807) is 0 Å². The van der Waals surface area contributed by atoms with Crippen molar-refractivity contribution < 1.29 is 14.6 Å². The van der Waals surface area contributed by atoms with Gasteiger partial charge in [0.1, 0.15) is 0 Å². The van der Waals surface area contributed by atoms with Crippen molar-refractivity contribution >= 4 is 12.0 Å². The third-order valence-corrected chi connectivity index (χ3v) is 2.10. The fraction of sp³-hybridized carbons (Fsp3) is 0.500. The maximum atomic E-state index is 11.1. The lowest BCUT2D eigenvalue weighted by atomic mass is 10.2. The van der Waals surface area contributed by atoms with E-state index < -0.39 is 5.97 Å². The SMILES string of the molecule is CC1=C(O)N2CCCN=C2OC1=O. The van der Waals surface area contributed by atoms with Gasteiger partial charge in [0.25, 0.3) is 0 Å². The zero-order valence-corrected chi connectivity index (χ0v) is 7.28. The summed E-state index contributed by atoms with van der Waals surface area (Å²) in [6.07, 6.45) is 0.860. The third-order valence-electron chi connectivity index (χ3n) is 2.10.